The summed E-state index contributed by atoms with van der Waals surface area (Å²) in [7, 11) is 0. The van der Waals surface area contributed by atoms with Gasteiger partial charge in [0.15, 0.2) is 0 Å². The average molecular weight is 552 g/mol. The van der Waals surface area contributed by atoms with Crippen molar-refractivity contribution in [3.8, 4) is 0 Å². The first-order valence-electron chi connectivity index (χ1n) is 14.2. The second-order valence-electron chi connectivity index (χ2n) is 10.5. The van der Waals surface area contributed by atoms with E-state index in [0.29, 0.717) is 0 Å². The minimum absolute atomic E-state index is 0.530. The quantitative estimate of drug-likeness (QED) is 0.110. The van der Waals surface area contributed by atoms with Gasteiger partial charge in [0.05, 0.1) is 11.1 Å². The van der Waals surface area contributed by atoms with Crippen molar-refractivity contribution in [2.45, 2.75) is 43.9 Å². The minimum Gasteiger partial charge on any atom is -0.260 e. The molecule has 0 bridgehead atoms. The van der Waals surface area contributed by atoms with E-state index in [0.717, 1.165) is 29.7 Å². The first-order valence-corrected chi connectivity index (χ1v) is 15.0. The third-order valence-corrected chi connectivity index (χ3v) is 9.26. The second-order valence-corrected chi connectivity index (χ2v) is 11.8. The summed E-state index contributed by atoms with van der Waals surface area (Å²) in [5, 5.41) is 0. The van der Waals surface area contributed by atoms with Gasteiger partial charge in [-0.25, -0.2) is 0 Å². The molecular weight excluding hydrogens is 515 g/mol. The summed E-state index contributed by atoms with van der Waals surface area (Å²) in [6.45, 7) is 14.8. The molecule has 0 spiro atoms. The van der Waals surface area contributed by atoms with Crippen molar-refractivity contribution in [1.29, 1.82) is 0 Å². The average Bonchev–Trinajstić information content (AvgIpc) is 3.28. The van der Waals surface area contributed by atoms with E-state index in [1.54, 1.807) is 0 Å². The monoisotopic (exact) mass is 551 g/mol. The fraction of sp³-hybridized carbons (Fsp3) is 0.154. The lowest BCUT2D eigenvalue weighted by Gasteiger charge is -2.34. The Morgan fingerprint density at radius 3 is 2.24 bits per heavy atom. The van der Waals surface area contributed by atoms with Crippen molar-refractivity contribution in [3.05, 3.63) is 179 Å². The number of nitrogens with zero attached hydrogens (tertiary/aromatic N) is 1. The predicted octanol–water partition coefficient (Wildman–Crippen LogP) is 10.8. The number of thioether (sulfide) groups is 1. The highest BCUT2D eigenvalue weighted by Crippen LogP contribution is 2.54. The molecule has 0 saturated heterocycles. The van der Waals surface area contributed by atoms with E-state index in [4.69, 9.17) is 4.98 Å². The van der Waals surface area contributed by atoms with Gasteiger partial charge >= 0.3 is 0 Å². The zero-order chi connectivity index (χ0) is 28.8. The van der Waals surface area contributed by atoms with Gasteiger partial charge in [-0.05, 0) is 108 Å². The molecule has 0 radical (unpaired) electrons. The van der Waals surface area contributed by atoms with E-state index >= 15 is 0 Å². The number of fused-ring (bicyclic) bond motifs is 1. The minimum atomic E-state index is -0.530. The van der Waals surface area contributed by atoms with E-state index in [1.807, 2.05) is 36.2 Å². The van der Waals surface area contributed by atoms with Crippen LogP contribution in [0.15, 0.2) is 156 Å². The van der Waals surface area contributed by atoms with Gasteiger partial charge in [-0.2, -0.15) is 0 Å². The lowest BCUT2D eigenvalue weighted by Crippen LogP contribution is -2.30. The Labute approximate surface area is 249 Å². The third kappa shape index (κ3) is 5.45. The third-order valence-electron chi connectivity index (χ3n) is 8.10. The molecule has 3 aromatic carbocycles. The molecular formula is C39H37NS. The molecule has 1 unspecified atom stereocenters. The Bertz CT molecular complexity index is 1600. The van der Waals surface area contributed by atoms with Crippen LogP contribution in [0, 0.1) is 0 Å². The number of aromatic nitrogens is 1. The van der Waals surface area contributed by atoms with Crippen LogP contribution >= 0.6 is 11.8 Å². The summed E-state index contributed by atoms with van der Waals surface area (Å²) < 4.78 is 0. The number of allylic oxidation sites excluding steroid dienone is 8. The Balaban J connectivity index is 1.62. The molecule has 1 heterocycles. The van der Waals surface area contributed by atoms with E-state index < -0.39 is 5.41 Å². The first kappa shape index (κ1) is 28.4. The van der Waals surface area contributed by atoms with Gasteiger partial charge in [0, 0.05) is 11.1 Å². The van der Waals surface area contributed by atoms with Crippen molar-refractivity contribution >= 4 is 22.9 Å². The molecule has 0 N–H and O–H groups in total. The van der Waals surface area contributed by atoms with E-state index in [9.17, 15) is 0 Å². The van der Waals surface area contributed by atoms with Gasteiger partial charge in [-0.15, -0.1) is 6.58 Å². The van der Waals surface area contributed by atoms with Gasteiger partial charge in [0.1, 0.15) is 0 Å². The summed E-state index contributed by atoms with van der Waals surface area (Å²) in [5.41, 5.74) is 10.4. The summed E-state index contributed by atoms with van der Waals surface area (Å²) in [4.78, 5) is 7.56. The molecule has 5 rings (SSSR count). The summed E-state index contributed by atoms with van der Waals surface area (Å²) >= 11 is 1.83. The van der Waals surface area contributed by atoms with Crippen LogP contribution < -0.4 is 0 Å². The molecule has 0 saturated carbocycles. The van der Waals surface area contributed by atoms with Crippen LogP contribution in [0.1, 0.15) is 61.6 Å². The van der Waals surface area contributed by atoms with E-state index in [1.165, 1.54) is 43.2 Å². The maximum Gasteiger partial charge on any atom is 0.0882 e. The summed E-state index contributed by atoms with van der Waals surface area (Å²) in [6, 6.07) is 34.6. The standard InChI is InChI=1S/C39H37NS/c1-6-8-16-28(3)30(5)41-34-24-22-32(23-25-34)31(7-2)27-37-29(4)35-19-12-13-20-36(35)39(37,33-17-10-9-11-18-33)38-21-14-15-26-40-38/h6-7,9-15,17-27H,1-2,8,16H2,3-5H3/b30-28+,31-27+. The Morgan fingerprint density at radius 2 is 1.56 bits per heavy atom. The molecule has 0 amide bonds. The van der Waals surface area contributed by atoms with Crippen LogP contribution in [0.4, 0.5) is 0 Å². The molecule has 204 valence electrons. The van der Waals surface area contributed by atoms with Crippen LogP contribution in [0.3, 0.4) is 0 Å². The van der Waals surface area contributed by atoms with Crippen LogP contribution in [-0.4, -0.2) is 4.98 Å². The number of pyridine rings is 1. The Hall–Kier alpha value is -4.14. The van der Waals surface area contributed by atoms with Gasteiger partial charge < -0.3 is 0 Å². The molecule has 4 aromatic rings. The zero-order valence-electron chi connectivity index (χ0n) is 24.2. The lowest BCUT2D eigenvalue weighted by atomic mass is 9.68. The van der Waals surface area contributed by atoms with E-state index in [2.05, 4.69) is 131 Å². The molecule has 1 aliphatic carbocycles. The number of rotatable bonds is 10. The highest BCUT2D eigenvalue weighted by Gasteiger charge is 2.47. The Morgan fingerprint density at radius 1 is 0.854 bits per heavy atom. The van der Waals surface area contributed by atoms with Crippen molar-refractivity contribution in [1.82, 2.24) is 4.98 Å². The first-order chi connectivity index (χ1) is 20.0. The molecule has 0 fully saturated rings. The van der Waals surface area contributed by atoms with Crippen LogP contribution in [0.25, 0.3) is 11.1 Å². The van der Waals surface area contributed by atoms with Crippen molar-refractivity contribution in [2.75, 3.05) is 0 Å². The zero-order valence-corrected chi connectivity index (χ0v) is 25.0. The van der Waals surface area contributed by atoms with Crippen molar-refractivity contribution in [3.63, 3.8) is 0 Å². The SMILES string of the molecule is C=CCC/C(C)=C(\C)Sc1ccc(/C(C=C)=C/C2=C(C)c3ccccc3C2(c2ccccc2)c2ccccn2)cc1. The molecule has 0 aliphatic heterocycles. The highest BCUT2D eigenvalue weighted by atomic mass is 32.2. The van der Waals surface area contributed by atoms with Gasteiger partial charge in [-0.1, -0.05) is 109 Å². The largest absolute Gasteiger partial charge is 0.260 e. The smallest absolute Gasteiger partial charge is 0.0882 e. The highest BCUT2D eigenvalue weighted by molar-refractivity contribution is 8.03. The topological polar surface area (TPSA) is 12.9 Å². The van der Waals surface area contributed by atoms with Crippen LogP contribution in [0.2, 0.25) is 0 Å². The molecule has 1 nitrogen and oxygen atoms in total. The number of benzene rings is 3. The number of hydrogen-bond donors (Lipinski definition) is 0. The molecule has 1 aromatic heterocycles. The van der Waals surface area contributed by atoms with Gasteiger partial charge in [0.2, 0.25) is 0 Å². The summed E-state index contributed by atoms with van der Waals surface area (Å²) in [5.74, 6) is 0. The molecule has 41 heavy (non-hydrogen) atoms. The fourth-order valence-corrected chi connectivity index (χ4v) is 6.72. The van der Waals surface area contributed by atoms with Gasteiger partial charge in [-0.3, -0.25) is 4.98 Å². The lowest BCUT2D eigenvalue weighted by molar-refractivity contribution is 0.728. The molecule has 2 heteroatoms. The van der Waals surface area contributed by atoms with Crippen LogP contribution in [0.5, 0.6) is 0 Å². The maximum absolute atomic E-state index is 4.97. The van der Waals surface area contributed by atoms with Crippen molar-refractivity contribution < 1.29 is 0 Å². The van der Waals surface area contributed by atoms with Crippen molar-refractivity contribution in [2.24, 2.45) is 0 Å². The van der Waals surface area contributed by atoms with Gasteiger partial charge in [0.25, 0.3) is 0 Å². The second kappa shape index (κ2) is 12.6. The molecule has 1 aliphatic rings. The number of hydrogen-bond acceptors (Lipinski definition) is 2. The Kier molecular flexibility index (Phi) is 8.71. The molecule has 1 atom stereocenters. The summed E-state index contributed by atoms with van der Waals surface area (Å²) in [6.07, 6.45) is 10.3. The maximum atomic E-state index is 4.97. The fourth-order valence-electron chi connectivity index (χ4n) is 5.82. The van der Waals surface area contributed by atoms with Crippen LogP contribution in [-0.2, 0) is 5.41 Å². The normalized spacial score (nSPS) is 17.2. The van der Waals surface area contributed by atoms with E-state index in [-0.39, 0.29) is 0 Å². The predicted molar refractivity (Wildman–Crippen MR) is 178 cm³/mol.